The minimum absolute atomic E-state index is 0.0806. The summed E-state index contributed by atoms with van der Waals surface area (Å²) in [4.78, 5) is 2.47. The zero-order valence-corrected chi connectivity index (χ0v) is 13.0. The Bertz CT molecular complexity index is 685. The first-order chi connectivity index (χ1) is 10.7. The van der Waals surface area contributed by atoms with E-state index in [-0.39, 0.29) is 11.5 Å². The van der Waals surface area contributed by atoms with E-state index in [1.165, 1.54) is 11.1 Å². The number of hydrogen-bond donors (Lipinski definition) is 1. The van der Waals surface area contributed by atoms with Crippen LogP contribution in [0.3, 0.4) is 0 Å². The maximum Gasteiger partial charge on any atom is 0.165 e. The SMILES string of the molecule is COc1ccc2c3c1OC1[C@@H](O)C=CC4[C@@H](C2)N(C)CCC341. The maximum atomic E-state index is 10.6. The number of hydrogen-bond acceptors (Lipinski definition) is 4. The minimum atomic E-state index is -0.539. The molecule has 4 heteroatoms. The molecule has 0 aromatic heterocycles. The highest BCUT2D eigenvalue weighted by molar-refractivity contribution is 5.62. The summed E-state index contributed by atoms with van der Waals surface area (Å²) in [6.07, 6.45) is 5.54. The van der Waals surface area contributed by atoms with Crippen molar-refractivity contribution in [1.29, 1.82) is 0 Å². The Morgan fingerprint density at radius 1 is 1.36 bits per heavy atom. The zero-order chi connectivity index (χ0) is 15.1. The Balaban J connectivity index is 1.82. The van der Waals surface area contributed by atoms with Crippen LogP contribution < -0.4 is 9.47 Å². The van der Waals surface area contributed by atoms with Gasteiger partial charge in [0.05, 0.1) is 7.11 Å². The van der Waals surface area contributed by atoms with E-state index in [9.17, 15) is 5.11 Å². The van der Waals surface area contributed by atoms with Gasteiger partial charge in [0.1, 0.15) is 12.2 Å². The predicted molar refractivity (Wildman–Crippen MR) is 82.5 cm³/mol. The van der Waals surface area contributed by atoms with Gasteiger partial charge in [0.2, 0.25) is 0 Å². The fraction of sp³-hybridized carbons (Fsp3) is 0.556. The molecule has 1 spiro atoms. The Hall–Kier alpha value is -1.52. The number of methoxy groups -OCH3 is 1. The van der Waals surface area contributed by atoms with E-state index in [1.54, 1.807) is 7.11 Å². The number of nitrogens with zero attached hydrogens (tertiary/aromatic N) is 1. The van der Waals surface area contributed by atoms with Crippen molar-refractivity contribution in [2.45, 2.75) is 36.5 Å². The summed E-state index contributed by atoms with van der Waals surface area (Å²) in [6.45, 7) is 1.05. The Morgan fingerprint density at radius 2 is 2.23 bits per heavy atom. The van der Waals surface area contributed by atoms with Crippen LogP contribution in [0.15, 0.2) is 24.3 Å². The number of ether oxygens (including phenoxy) is 2. The molecule has 0 amide bonds. The topological polar surface area (TPSA) is 41.9 Å². The van der Waals surface area contributed by atoms with Gasteiger partial charge in [-0.2, -0.15) is 0 Å². The lowest BCUT2D eigenvalue weighted by Gasteiger charge is -2.56. The summed E-state index contributed by atoms with van der Waals surface area (Å²) >= 11 is 0. The van der Waals surface area contributed by atoms with E-state index in [2.05, 4.69) is 24.1 Å². The number of rotatable bonds is 1. The molecule has 4 nitrogen and oxygen atoms in total. The fourth-order valence-electron chi connectivity index (χ4n) is 5.39. The maximum absolute atomic E-state index is 10.6. The van der Waals surface area contributed by atoms with Crippen molar-refractivity contribution in [2.24, 2.45) is 5.92 Å². The molecule has 0 radical (unpaired) electrons. The predicted octanol–water partition coefficient (Wildman–Crippen LogP) is 1.50. The first kappa shape index (κ1) is 13.0. The highest BCUT2D eigenvalue weighted by atomic mass is 16.5. The van der Waals surface area contributed by atoms with E-state index < -0.39 is 6.10 Å². The molecule has 2 aliphatic heterocycles. The van der Waals surface area contributed by atoms with Gasteiger partial charge in [0.25, 0.3) is 0 Å². The second-order valence-electron chi connectivity index (χ2n) is 7.11. The number of aliphatic hydroxyl groups excluding tert-OH is 1. The number of aliphatic hydroxyl groups is 1. The van der Waals surface area contributed by atoms with Crippen LogP contribution in [-0.4, -0.2) is 49.0 Å². The summed E-state index contributed by atoms with van der Waals surface area (Å²) in [7, 11) is 3.91. The van der Waals surface area contributed by atoms with Gasteiger partial charge < -0.3 is 19.5 Å². The van der Waals surface area contributed by atoms with Crippen molar-refractivity contribution in [3.05, 3.63) is 35.4 Å². The van der Waals surface area contributed by atoms with Gasteiger partial charge >= 0.3 is 0 Å². The largest absolute Gasteiger partial charge is 0.493 e. The Labute approximate surface area is 130 Å². The molecule has 3 unspecified atom stereocenters. The van der Waals surface area contributed by atoms with Crippen molar-refractivity contribution >= 4 is 0 Å². The molecule has 1 saturated heterocycles. The monoisotopic (exact) mass is 299 g/mol. The molecule has 2 heterocycles. The number of benzene rings is 1. The molecule has 5 rings (SSSR count). The molecule has 116 valence electrons. The summed E-state index contributed by atoms with van der Waals surface area (Å²) in [5, 5.41) is 10.6. The third kappa shape index (κ3) is 1.28. The molecule has 2 bridgehead atoms. The lowest BCUT2D eigenvalue weighted by Crippen LogP contribution is -2.64. The lowest BCUT2D eigenvalue weighted by atomic mass is 9.53. The summed E-state index contributed by atoms with van der Waals surface area (Å²) in [6, 6.07) is 4.70. The second-order valence-corrected chi connectivity index (χ2v) is 7.11. The van der Waals surface area contributed by atoms with Crippen molar-refractivity contribution in [3.63, 3.8) is 0 Å². The third-order valence-corrected chi connectivity index (χ3v) is 6.35. The van der Waals surface area contributed by atoms with Crippen molar-refractivity contribution in [1.82, 2.24) is 4.90 Å². The molecule has 1 N–H and O–H groups in total. The number of likely N-dealkylation sites (tertiary alicyclic amines) is 1. The molecule has 1 fully saturated rings. The minimum Gasteiger partial charge on any atom is -0.493 e. The van der Waals surface area contributed by atoms with Crippen LogP contribution in [-0.2, 0) is 11.8 Å². The average Bonchev–Trinajstić information content (AvgIpc) is 2.88. The Kier molecular flexibility index (Phi) is 2.39. The van der Waals surface area contributed by atoms with Crippen LogP contribution in [0.2, 0.25) is 0 Å². The third-order valence-electron chi connectivity index (χ3n) is 6.35. The normalized spacial score (nSPS) is 41.0. The van der Waals surface area contributed by atoms with E-state index in [4.69, 9.17) is 9.47 Å². The molecule has 1 aromatic rings. The summed E-state index contributed by atoms with van der Waals surface area (Å²) < 4.78 is 11.8. The van der Waals surface area contributed by atoms with Crippen LogP contribution in [0.5, 0.6) is 11.5 Å². The van der Waals surface area contributed by atoms with Gasteiger partial charge in [-0.25, -0.2) is 0 Å². The van der Waals surface area contributed by atoms with Crippen LogP contribution >= 0.6 is 0 Å². The van der Waals surface area contributed by atoms with Gasteiger partial charge in [-0.3, -0.25) is 0 Å². The van der Waals surface area contributed by atoms with Crippen LogP contribution in [0.25, 0.3) is 0 Å². The van der Waals surface area contributed by atoms with Gasteiger partial charge in [-0.1, -0.05) is 18.2 Å². The molecule has 22 heavy (non-hydrogen) atoms. The molecule has 0 saturated carbocycles. The van der Waals surface area contributed by atoms with E-state index in [0.717, 1.165) is 30.9 Å². The van der Waals surface area contributed by atoms with Crippen LogP contribution in [0, 0.1) is 5.92 Å². The van der Waals surface area contributed by atoms with Crippen molar-refractivity contribution in [2.75, 3.05) is 20.7 Å². The standard InChI is InChI=1S/C18H21NO3/c1-19-8-7-18-11-4-5-13(20)17(18)22-16-14(21-2)6-3-10(15(16)18)9-12(11)19/h3-6,11-13,17,20H,7-9H2,1-2H3/t11?,12-,13+,17?,18?/m1/s1. The summed E-state index contributed by atoms with van der Waals surface area (Å²) in [5.41, 5.74) is 2.60. The quantitative estimate of drug-likeness (QED) is 0.798. The highest BCUT2D eigenvalue weighted by Crippen LogP contribution is 2.62. The van der Waals surface area contributed by atoms with Gasteiger partial charge in [-0.15, -0.1) is 0 Å². The molecule has 5 atom stereocenters. The van der Waals surface area contributed by atoms with Gasteiger partial charge in [0.15, 0.2) is 11.5 Å². The number of likely N-dealkylation sites (N-methyl/N-ethyl adjacent to an activating group) is 1. The highest BCUT2D eigenvalue weighted by Gasteiger charge is 2.64. The van der Waals surface area contributed by atoms with Gasteiger partial charge in [0, 0.05) is 22.9 Å². The van der Waals surface area contributed by atoms with E-state index >= 15 is 0 Å². The smallest absolute Gasteiger partial charge is 0.165 e. The van der Waals surface area contributed by atoms with Crippen molar-refractivity contribution < 1.29 is 14.6 Å². The lowest BCUT2D eigenvalue weighted by molar-refractivity contribution is -0.0453. The first-order valence-electron chi connectivity index (χ1n) is 8.10. The molecule has 4 aliphatic rings. The Morgan fingerprint density at radius 3 is 3.05 bits per heavy atom. The van der Waals surface area contributed by atoms with Crippen molar-refractivity contribution in [3.8, 4) is 11.5 Å². The first-order valence-corrected chi connectivity index (χ1v) is 8.10. The summed E-state index contributed by atoms with van der Waals surface area (Å²) in [5.74, 6) is 2.09. The van der Waals surface area contributed by atoms with Crippen LogP contribution in [0.1, 0.15) is 17.5 Å². The fourth-order valence-corrected chi connectivity index (χ4v) is 5.39. The molecule has 1 aromatic carbocycles. The molecular weight excluding hydrogens is 278 g/mol. The van der Waals surface area contributed by atoms with E-state index in [1.807, 2.05) is 12.1 Å². The van der Waals surface area contributed by atoms with Crippen LogP contribution in [0.4, 0.5) is 0 Å². The molecule has 2 aliphatic carbocycles. The molecular formula is C18H21NO3. The second kappa shape index (κ2) is 4.06. The zero-order valence-electron chi connectivity index (χ0n) is 13.0. The van der Waals surface area contributed by atoms with Gasteiger partial charge in [-0.05, 0) is 38.1 Å². The van der Waals surface area contributed by atoms with E-state index in [0.29, 0.717) is 12.0 Å². The average molecular weight is 299 g/mol. The number of piperidine rings is 1.